The van der Waals surface area contributed by atoms with E-state index in [9.17, 15) is 0 Å². The van der Waals surface area contributed by atoms with Crippen LogP contribution < -0.4 is 16.0 Å². The smallest absolute Gasteiger partial charge is 0.119 e. The second kappa shape index (κ2) is 3.36. The molecule has 13 heavy (non-hydrogen) atoms. The Bertz CT molecular complexity index is 312. The molecule has 1 aliphatic carbocycles. The van der Waals surface area contributed by atoms with Crippen LogP contribution in [0.1, 0.15) is 23.6 Å². The minimum atomic E-state index is 0.296. The molecule has 70 valence electrons. The van der Waals surface area contributed by atoms with Gasteiger partial charge in [-0.05, 0) is 36.1 Å². The van der Waals surface area contributed by atoms with Crippen LogP contribution in [0.25, 0.3) is 0 Å². The van der Waals surface area contributed by atoms with Crippen molar-refractivity contribution in [2.24, 2.45) is 5.84 Å². The van der Waals surface area contributed by atoms with E-state index in [-0.39, 0.29) is 0 Å². The lowest BCUT2D eigenvalue weighted by Gasteiger charge is -2.10. The van der Waals surface area contributed by atoms with Crippen molar-refractivity contribution in [2.75, 3.05) is 7.11 Å². The van der Waals surface area contributed by atoms with Gasteiger partial charge < -0.3 is 4.74 Å². The van der Waals surface area contributed by atoms with E-state index < -0.39 is 0 Å². The summed E-state index contributed by atoms with van der Waals surface area (Å²) in [5.74, 6) is 6.35. The van der Waals surface area contributed by atoms with Gasteiger partial charge in [0.25, 0.3) is 0 Å². The number of hydrogen-bond donors (Lipinski definition) is 2. The van der Waals surface area contributed by atoms with Crippen LogP contribution in [0, 0.1) is 0 Å². The van der Waals surface area contributed by atoms with Crippen LogP contribution in [0.3, 0.4) is 0 Å². The van der Waals surface area contributed by atoms with Gasteiger partial charge in [-0.1, -0.05) is 6.07 Å². The van der Waals surface area contributed by atoms with Crippen molar-refractivity contribution in [1.29, 1.82) is 0 Å². The van der Waals surface area contributed by atoms with Crippen molar-refractivity contribution in [2.45, 2.75) is 18.9 Å². The summed E-state index contributed by atoms with van der Waals surface area (Å²) < 4.78 is 5.16. The number of hydrogen-bond acceptors (Lipinski definition) is 3. The Hall–Kier alpha value is -1.06. The van der Waals surface area contributed by atoms with Crippen LogP contribution in [-0.4, -0.2) is 7.11 Å². The van der Waals surface area contributed by atoms with E-state index in [1.54, 1.807) is 7.11 Å². The summed E-state index contributed by atoms with van der Waals surface area (Å²) in [6.45, 7) is 0. The van der Waals surface area contributed by atoms with Crippen LogP contribution >= 0.6 is 0 Å². The molecule has 0 amide bonds. The van der Waals surface area contributed by atoms with E-state index in [0.29, 0.717) is 6.04 Å². The van der Waals surface area contributed by atoms with Gasteiger partial charge in [0.1, 0.15) is 5.75 Å². The third kappa shape index (κ3) is 1.41. The molecule has 0 aromatic heterocycles. The molecule has 0 bridgehead atoms. The maximum atomic E-state index is 5.45. The highest BCUT2D eigenvalue weighted by molar-refractivity contribution is 5.40. The Balaban J connectivity index is 2.37. The monoisotopic (exact) mass is 178 g/mol. The highest BCUT2D eigenvalue weighted by atomic mass is 16.5. The van der Waals surface area contributed by atoms with Gasteiger partial charge >= 0.3 is 0 Å². The Morgan fingerprint density at radius 1 is 1.54 bits per heavy atom. The van der Waals surface area contributed by atoms with E-state index in [2.05, 4.69) is 17.6 Å². The molecule has 3 heteroatoms. The lowest BCUT2D eigenvalue weighted by molar-refractivity contribution is 0.413. The molecular formula is C10H14N2O. The summed E-state index contributed by atoms with van der Waals surface area (Å²) in [5.41, 5.74) is 5.47. The van der Waals surface area contributed by atoms with Crippen molar-refractivity contribution in [3.05, 3.63) is 29.3 Å². The average Bonchev–Trinajstić information content (AvgIpc) is 2.59. The molecule has 1 aromatic rings. The fraction of sp³-hybridized carbons (Fsp3) is 0.400. The molecule has 0 unspecified atom stereocenters. The van der Waals surface area contributed by atoms with E-state index in [1.807, 2.05) is 6.07 Å². The zero-order valence-electron chi connectivity index (χ0n) is 7.71. The second-order valence-electron chi connectivity index (χ2n) is 3.32. The highest BCUT2D eigenvalue weighted by Gasteiger charge is 2.21. The Morgan fingerprint density at radius 3 is 3.08 bits per heavy atom. The van der Waals surface area contributed by atoms with Crippen molar-refractivity contribution in [1.82, 2.24) is 5.43 Å². The van der Waals surface area contributed by atoms with Crippen molar-refractivity contribution in [3.63, 3.8) is 0 Å². The largest absolute Gasteiger partial charge is 0.497 e. The first-order valence-corrected chi connectivity index (χ1v) is 4.48. The summed E-state index contributed by atoms with van der Waals surface area (Å²) in [6, 6.07) is 6.47. The predicted octanol–water partition coefficient (Wildman–Crippen LogP) is 1.15. The number of nitrogens with one attached hydrogen (secondary N) is 1. The average molecular weight is 178 g/mol. The molecule has 0 radical (unpaired) electrons. The summed E-state index contributed by atoms with van der Waals surface area (Å²) in [4.78, 5) is 0. The number of fused-ring (bicyclic) bond motifs is 1. The Labute approximate surface area is 77.9 Å². The second-order valence-corrected chi connectivity index (χ2v) is 3.32. The van der Waals surface area contributed by atoms with Crippen LogP contribution in [0.4, 0.5) is 0 Å². The first kappa shape index (κ1) is 8.53. The number of nitrogens with two attached hydrogens (primary N) is 1. The van der Waals surface area contributed by atoms with Gasteiger partial charge in [-0.15, -0.1) is 0 Å². The van der Waals surface area contributed by atoms with E-state index in [4.69, 9.17) is 10.6 Å². The zero-order chi connectivity index (χ0) is 9.26. The van der Waals surface area contributed by atoms with Crippen LogP contribution in [0.2, 0.25) is 0 Å². The maximum Gasteiger partial charge on any atom is 0.119 e. The number of ether oxygens (including phenoxy) is 1. The maximum absolute atomic E-state index is 5.45. The first-order valence-electron chi connectivity index (χ1n) is 4.48. The van der Waals surface area contributed by atoms with Crippen LogP contribution in [0.5, 0.6) is 5.75 Å². The number of methoxy groups -OCH3 is 1. The summed E-state index contributed by atoms with van der Waals surface area (Å²) in [5, 5.41) is 0. The minimum Gasteiger partial charge on any atom is -0.497 e. The fourth-order valence-corrected chi connectivity index (χ4v) is 1.88. The molecule has 1 aliphatic rings. The highest BCUT2D eigenvalue weighted by Crippen LogP contribution is 2.32. The molecule has 1 aromatic carbocycles. The molecule has 0 fully saturated rings. The van der Waals surface area contributed by atoms with Crippen LogP contribution in [0.15, 0.2) is 18.2 Å². The summed E-state index contributed by atoms with van der Waals surface area (Å²) in [7, 11) is 1.68. The van der Waals surface area contributed by atoms with Gasteiger partial charge in [0.15, 0.2) is 0 Å². The van der Waals surface area contributed by atoms with E-state index in [0.717, 1.165) is 18.6 Å². The van der Waals surface area contributed by atoms with Gasteiger partial charge in [-0.2, -0.15) is 0 Å². The summed E-state index contributed by atoms with van der Waals surface area (Å²) in [6.07, 6.45) is 2.19. The van der Waals surface area contributed by atoms with Crippen molar-refractivity contribution < 1.29 is 4.74 Å². The Morgan fingerprint density at radius 2 is 2.38 bits per heavy atom. The standard InChI is InChI=1S/C10H14N2O/c1-13-8-4-2-7-3-5-10(12-11)9(7)6-8/h2,4,6,10,12H,3,5,11H2,1H3/t10-/m1/s1. The molecule has 2 rings (SSSR count). The minimum absolute atomic E-state index is 0.296. The molecule has 3 N–H and O–H groups in total. The Kier molecular flexibility index (Phi) is 2.20. The third-order valence-corrected chi connectivity index (χ3v) is 2.63. The van der Waals surface area contributed by atoms with Gasteiger partial charge in [0, 0.05) is 6.04 Å². The number of rotatable bonds is 2. The fourth-order valence-electron chi connectivity index (χ4n) is 1.88. The number of aryl methyl sites for hydroxylation is 1. The number of hydrazine groups is 1. The zero-order valence-corrected chi connectivity index (χ0v) is 7.71. The molecule has 0 saturated carbocycles. The van der Waals surface area contributed by atoms with Gasteiger partial charge in [0.2, 0.25) is 0 Å². The molecular weight excluding hydrogens is 164 g/mol. The normalized spacial score (nSPS) is 20.0. The van der Waals surface area contributed by atoms with Gasteiger partial charge in [-0.3, -0.25) is 11.3 Å². The molecule has 0 spiro atoms. The molecule has 3 nitrogen and oxygen atoms in total. The lowest BCUT2D eigenvalue weighted by Crippen LogP contribution is -2.26. The van der Waals surface area contributed by atoms with Crippen molar-refractivity contribution in [3.8, 4) is 5.75 Å². The predicted molar refractivity (Wildman–Crippen MR) is 51.4 cm³/mol. The number of benzene rings is 1. The van der Waals surface area contributed by atoms with E-state index in [1.165, 1.54) is 11.1 Å². The molecule has 0 heterocycles. The van der Waals surface area contributed by atoms with Gasteiger partial charge in [0.05, 0.1) is 7.11 Å². The molecule has 0 aliphatic heterocycles. The van der Waals surface area contributed by atoms with E-state index >= 15 is 0 Å². The molecule has 0 saturated heterocycles. The van der Waals surface area contributed by atoms with Crippen molar-refractivity contribution >= 4 is 0 Å². The quantitative estimate of drug-likeness (QED) is 0.527. The summed E-state index contributed by atoms with van der Waals surface area (Å²) >= 11 is 0. The molecule has 1 atom stereocenters. The van der Waals surface area contributed by atoms with Crippen LogP contribution in [-0.2, 0) is 6.42 Å². The topological polar surface area (TPSA) is 47.3 Å². The van der Waals surface area contributed by atoms with Gasteiger partial charge in [-0.25, -0.2) is 0 Å². The SMILES string of the molecule is COc1ccc2c(c1)[C@H](NN)CC2. The lowest BCUT2D eigenvalue weighted by atomic mass is 10.1. The third-order valence-electron chi connectivity index (χ3n) is 2.63. The first-order chi connectivity index (χ1) is 6.35.